The van der Waals surface area contributed by atoms with Crippen molar-refractivity contribution in [2.24, 2.45) is 5.92 Å². The van der Waals surface area contributed by atoms with Crippen LogP contribution in [0.1, 0.15) is 69.4 Å². The number of carbonyl (C=O) groups is 1. The molecule has 2 rings (SSSR count). The average Bonchev–Trinajstić information content (AvgIpc) is 2.45. The second-order valence-electron chi connectivity index (χ2n) is 5.90. The predicted molar refractivity (Wildman–Crippen MR) is 80.4 cm³/mol. The van der Waals surface area contributed by atoms with Crippen molar-refractivity contribution in [1.29, 1.82) is 0 Å². The smallest absolute Gasteiger partial charge is 0.140 e. The van der Waals surface area contributed by atoms with Crippen LogP contribution >= 0.6 is 0 Å². The Morgan fingerprint density at radius 1 is 1.11 bits per heavy atom. The highest BCUT2D eigenvalue weighted by atomic mass is 16.1. The van der Waals surface area contributed by atoms with Gasteiger partial charge in [-0.15, -0.1) is 0 Å². The molecule has 104 valence electrons. The molecule has 1 heteroatoms. The summed E-state index contributed by atoms with van der Waals surface area (Å²) in [5, 5.41) is 0. The van der Waals surface area contributed by atoms with Gasteiger partial charge in [0.15, 0.2) is 0 Å². The van der Waals surface area contributed by atoms with Gasteiger partial charge in [-0.1, -0.05) is 57.4 Å². The van der Waals surface area contributed by atoms with Crippen molar-refractivity contribution in [2.75, 3.05) is 0 Å². The second kappa shape index (κ2) is 6.88. The van der Waals surface area contributed by atoms with E-state index in [1.165, 1.54) is 36.8 Å². The van der Waals surface area contributed by atoms with Gasteiger partial charge in [0.2, 0.25) is 0 Å². The number of carbonyl (C=O) groups excluding carboxylic acids is 1. The van der Waals surface area contributed by atoms with Crippen LogP contribution in [0.4, 0.5) is 0 Å². The first-order valence-electron chi connectivity index (χ1n) is 7.86. The van der Waals surface area contributed by atoms with Crippen LogP contribution < -0.4 is 0 Å². The van der Waals surface area contributed by atoms with E-state index >= 15 is 0 Å². The van der Waals surface area contributed by atoms with E-state index in [0.29, 0.717) is 11.7 Å². The molecule has 1 fully saturated rings. The van der Waals surface area contributed by atoms with Crippen molar-refractivity contribution >= 4 is 5.78 Å². The first-order valence-corrected chi connectivity index (χ1v) is 7.86. The minimum absolute atomic E-state index is 0.170. The molecule has 1 aromatic rings. The van der Waals surface area contributed by atoms with Gasteiger partial charge in [0.1, 0.15) is 5.78 Å². The van der Waals surface area contributed by atoms with E-state index in [-0.39, 0.29) is 5.92 Å². The Hall–Kier alpha value is -1.11. The number of Topliss-reactive ketones (excluding diaryl/α,β-unsaturated/α-hetero) is 1. The van der Waals surface area contributed by atoms with Gasteiger partial charge in [-0.25, -0.2) is 0 Å². The highest BCUT2D eigenvalue weighted by molar-refractivity contribution is 5.86. The van der Waals surface area contributed by atoms with Gasteiger partial charge in [-0.05, 0) is 36.3 Å². The topological polar surface area (TPSA) is 17.1 Å². The first kappa shape index (κ1) is 14.3. The molecule has 0 aromatic heterocycles. The van der Waals surface area contributed by atoms with Crippen LogP contribution in [0.2, 0.25) is 0 Å². The zero-order valence-corrected chi connectivity index (χ0v) is 12.3. The molecular formula is C18H26O. The summed E-state index contributed by atoms with van der Waals surface area (Å²) in [5.41, 5.74) is 2.59. The molecule has 2 atom stereocenters. The van der Waals surface area contributed by atoms with Crippen molar-refractivity contribution in [3.8, 4) is 0 Å². The lowest BCUT2D eigenvalue weighted by molar-refractivity contribution is -0.123. The Morgan fingerprint density at radius 3 is 2.42 bits per heavy atom. The molecule has 1 aliphatic carbocycles. The molecule has 0 aliphatic heterocycles. The minimum atomic E-state index is 0.170. The van der Waals surface area contributed by atoms with Gasteiger partial charge in [-0.2, -0.15) is 0 Å². The quantitative estimate of drug-likeness (QED) is 0.734. The third kappa shape index (κ3) is 3.68. The SMILES string of the molecule is CCCCC1CCC(c2ccc(CC)cc2)C(=O)C1. The van der Waals surface area contributed by atoms with Gasteiger partial charge in [-0.3, -0.25) is 4.79 Å². The summed E-state index contributed by atoms with van der Waals surface area (Å²) >= 11 is 0. The number of ketones is 1. The molecule has 1 aliphatic rings. The maximum Gasteiger partial charge on any atom is 0.140 e. The maximum absolute atomic E-state index is 12.3. The van der Waals surface area contributed by atoms with Crippen LogP contribution in [0, 0.1) is 5.92 Å². The Bertz CT molecular complexity index is 404. The lowest BCUT2D eigenvalue weighted by Gasteiger charge is -2.27. The summed E-state index contributed by atoms with van der Waals surface area (Å²) in [5.74, 6) is 1.29. The Labute approximate surface area is 117 Å². The molecule has 19 heavy (non-hydrogen) atoms. The van der Waals surface area contributed by atoms with Crippen LogP contribution in [0.15, 0.2) is 24.3 Å². The monoisotopic (exact) mass is 258 g/mol. The van der Waals surface area contributed by atoms with Crippen LogP contribution in [-0.4, -0.2) is 5.78 Å². The fourth-order valence-corrected chi connectivity index (χ4v) is 3.17. The minimum Gasteiger partial charge on any atom is -0.299 e. The van der Waals surface area contributed by atoms with E-state index in [2.05, 4.69) is 38.1 Å². The molecule has 1 aromatic carbocycles. The number of hydrogen-bond acceptors (Lipinski definition) is 1. The standard InChI is InChI=1S/C18H26O/c1-3-5-6-15-9-12-17(18(19)13-15)16-10-7-14(4-2)8-11-16/h7-8,10-11,15,17H,3-6,9,12-13H2,1-2H3. The fraction of sp³-hybridized carbons (Fsp3) is 0.611. The number of benzene rings is 1. The molecule has 0 amide bonds. The number of rotatable bonds is 5. The fourth-order valence-electron chi connectivity index (χ4n) is 3.17. The number of aryl methyl sites for hydroxylation is 1. The van der Waals surface area contributed by atoms with Crippen molar-refractivity contribution in [3.05, 3.63) is 35.4 Å². The maximum atomic E-state index is 12.3. The van der Waals surface area contributed by atoms with E-state index in [1.54, 1.807) is 0 Å². The Morgan fingerprint density at radius 2 is 1.84 bits per heavy atom. The summed E-state index contributed by atoms with van der Waals surface area (Å²) in [7, 11) is 0. The van der Waals surface area contributed by atoms with Crippen molar-refractivity contribution in [2.45, 2.75) is 64.7 Å². The normalized spacial score (nSPS) is 23.6. The molecule has 0 bridgehead atoms. The summed E-state index contributed by atoms with van der Waals surface area (Å²) in [6, 6.07) is 8.67. The molecule has 2 unspecified atom stereocenters. The number of hydrogen-bond donors (Lipinski definition) is 0. The van der Waals surface area contributed by atoms with Gasteiger partial charge in [0, 0.05) is 12.3 Å². The lowest BCUT2D eigenvalue weighted by atomic mass is 9.76. The number of unbranched alkanes of at least 4 members (excludes halogenated alkanes) is 1. The highest BCUT2D eigenvalue weighted by Crippen LogP contribution is 2.35. The lowest BCUT2D eigenvalue weighted by Crippen LogP contribution is -2.23. The highest BCUT2D eigenvalue weighted by Gasteiger charge is 2.29. The van der Waals surface area contributed by atoms with Crippen LogP contribution in [0.3, 0.4) is 0 Å². The van der Waals surface area contributed by atoms with Gasteiger partial charge < -0.3 is 0 Å². The van der Waals surface area contributed by atoms with Crippen molar-refractivity contribution in [3.63, 3.8) is 0 Å². The third-order valence-electron chi connectivity index (χ3n) is 4.50. The summed E-state index contributed by atoms with van der Waals surface area (Å²) in [6.45, 7) is 4.39. The van der Waals surface area contributed by atoms with E-state index in [1.807, 2.05) is 0 Å². The van der Waals surface area contributed by atoms with Gasteiger partial charge >= 0.3 is 0 Å². The molecule has 1 nitrogen and oxygen atoms in total. The van der Waals surface area contributed by atoms with Gasteiger partial charge in [0.05, 0.1) is 0 Å². The summed E-state index contributed by atoms with van der Waals surface area (Å²) in [6.07, 6.45) is 7.91. The van der Waals surface area contributed by atoms with Crippen LogP contribution in [0.25, 0.3) is 0 Å². The van der Waals surface area contributed by atoms with E-state index in [0.717, 1.165) is 19.3 Å². The molecule has 1 saturated carbocycles. The third-order valence-corrected chi connectivity index (χ3v) is 4.50. The average molecular weight is 258 g/mol. The molecule has 0 spiro atoms. The van der Waals surface area contributed by atoms with Gasteiger partial charge in [0.25, 0.3) is 0 Å². The largest absolute Gasteiger partial charge is 0.299 e. The Kier molecular flexibility index (Phi) is 5.18. The second-order valence-corrected chi connectivity index (χ2v) is 5.90. The predicted octanol–water partition coefficient (Wildman–Crippen LogP) is 4.89. The molecule has 0 saturated heterocycles. The molecule has 0 radical (unpaired) electrons. The zero-order valence-electron chi connectivity index (χ0n) is 12.3. The molecule has 0 N–H and O–H groups in total. The zero-order chi connectivity index (χ0) is 13.7. The van der Waals surface area contributed by atoms with Crippen molar-refractivity contribution in [1.82, 2.24) is 0 Å². The first-order chi connectivity index (χ1) is 9.24. The summed E-state index contributed by atoms with van der Waals surface area (Å²) < 4.78 is 0. The van der Waals surface area contributed by atoms with Crippen LogP contribution in [0.5, 0.6) is 0 Å². The Balaban J connectivity index is 1.97. The van der Waals surface area contributed by atoms with Crippen molar-refractivity contribution < 1.29 is 4.79 Å². The molecular weight excluding hydrogens is 232 g/mol. The van der Waals surface area contributed by atoms with Crippen LogP contribution in [-0.2, 0) is 11.2 Å². The van der Waals surface area contributed by atoms with E-state index in [9.17, 15) is 4.79 Å². The van der Waals surface area contributed by atoms with E-state index < -0.39 is 0 Å². The summed E-state index contributed by atoms with van der Waals surface area (Å²) in [4.78, 5) is 12.3. The van der Waals surface area contributed by atoms with E-state index in [4.69, 9.17) is 0 Å². The molecule has 0 heterocycles.